The Bertz CT molecular complexity index is 768. The van der Waals surface area contributed by atoms with Crippen LogP contribution in [0.1, 0.15) is 0 Å². The van der Waals surface area contributed by atoms with Crippen LogP contribution in [0.15, 0.2) is 30.3 Å². The van der Waals surface area contributed by atoms with E-state index >= 15 is 0 Å². The number of anilines is 1. The van der Waals surface area contributed by atoms with Crippen LogP contribution in [0.2, 0.25) is 0 Å². The number of nitrogens with zero attached hydrogens (tertiary/aromatic N) is 3. The lowest BCUT2D eigenvalue weighted by atomic mass is 10.2. The van der Waals surface area contributed by atoms with Gasteiger partial charge in [-0.1, -0.05) is 30.3 Å². The molecule has 2 heterocycles. The van der Waals surface area contributed by atoms with E-state index in [1.54, 1.807) is 7.05 Å². The van der Waals surface area contributed by atoms with Crippen LogP contribution >= 0.6 is 0 Å². The molecular weight excluding hydrogens is 228 g/mol. The molecule has 18 heavy (non-hydrogen) atoms. The summed E-state index contributed by atoms with van der Waals surface area (Å²) in [6.07, 6.45) is 0. The average molecular weight is 240 g/mol. The van der Waals surface area contributed by atoms with Crippen LogP contribution in [-0.4, -0.2) is 19.5 Å². The Morgan fingerprint density at radius 1 is 1.22 bits per heavy atom. The third-order valence-corrected chi connectivity index (χ3v) is 2.88. The number of aromatic amines is 1. The van der Waals surface area contributed by atoms with Gasteiger partial charge < -0.3 is 10.7 Å². The molecule has 6 heteroatoms. The summed E-state index contributed by atoms with van der Waals surface area (Å²) in [5, 5.41) is 7.67. The molecule has 2 aromatic heterocycles. The van der Waals surface area contributed by atoms with Gasteiger partial charge in [-0.15, -0.1) is 0 Å². The van der Waals surface area contributed by atoms with Crippen molar-refractivity contribution in [3.05, 3.63) is 36.0 Å². The lowest BCUT2D eigenvalue weighted by molar-refractivity contribution is 0.786. The average Bonchev–Trinajstić information content (AvgIpc) is 2.81. The van der Waals surface area contributed by atoms with Crippen LogP contribution in [0.3, 0.4) is 0 Å². The summed E-state index contributed by atoms with van der Waals surface area (Å²) in [6, 6.07) is 9.73. The number of nitrogens with one attached hydrogen (secondary N) is 2. The van der Waals surface area contributed by atoms with Crippen LogP contribution in [0.25, 0.3) is 22.6 Å². The van der Waals surface area contributed by atoms with E-state index in [1.807, 2.05) is 30.3 Å². The number of aromatic nitrogens is 4. The van der Waals surface area contributed by atoms with Crippen LogP contribution in [0.4, 0.5) is 5.82 Å². The summed E-state index contributed by atoms with van der Waals surface area (Å²) in [4.78, 5) is 11.6. The van der Waals surface area contributed by atoms with Gasteiger partial charge in [0.05, 0.1) is 0 Å². The molecule has 0 aliphatic carbocycles. The standard InChI is InChI=1S/C12H12N6/c1-18-9(13)8-11(17-12(18)14)16-10(15-8)7-5-3-2-4-6-7/h2-6H,13H2,1H3,(H2,14,15,16,17). The summed E-state index contributed by atoms with van der Waals surface area (Å²) in [5.41, 5.74) is 8.12. The van der Waals surface area contributed by atoms with Crippen molar-refractivity contribution in [2.24, 2.45) is 7.05 Å². The number of imidazole rings is 1. The Kier molecular flexibility index (Phi) is 2.16. The number of benzene rings is 1. The SMILES string of the molecule is Cn1c(N)c2[nH]c(-c3ccccc3)nc2nc1=N. The molecule has 0 radical (unpaired) electrons. The first-order chi connectivity index (χ1) is 8.66. The van der Waals surface area contributed by atoms with Gasteiger partial charge in [-0.3, -0.25) is 9.98 Å². The normalized spacial score (nSPS) is 10.9. The molecule has 0 unspecified atom stereocenters. The molecule has 0 aliphatic heterocycles. The van der Waals surface area contributed by atoms with Crippen molar-refractivity contribution in [3.8, 4) is 11.4 Å². The molecule has 90 valence electrons. The molecule has 0 bridgehead atoms. The summed E-state index contributed by atoms with van der Waals surface area (Å²) in [7, 11) is 1.70. The first-order valence-electron chi connectivity index (χ1n) is 5.49. The zero-order chi connectivity index (χ0) is 12.7. The molecule has 0 aliphatic rings. The van der Waals surface area contributed by atoms with E-state index in [-0.39, 0.29) is 5.62 Å². The number of hydrogen-bond donors (Lipinski definition) is 3. The fraction of sp³-hybridized carbons (Fsp3) is 0.0833. The number of hydrogen-bond acceptors (Lipinski definition) is 4. The highest BCUT2D eigenvalue weighted by Gasteiger charge is 2.10. The second-order valence-corrected chi connectivity index (χ2v) is 4.03. The lowest BCUT2D eigenvalue weighted by Gasteiger charge is -2.02. The van der Waals surface area contributed by atoms with E-state index in [9.17, 15) is 0 Å². The number of nitrogen functional groups attached to an aromatic ring is 1. The second-order valence-electron chi connectivity index (χ2n) is 4.03. The molecule has 4 N–H and O–H groups in total. The van der Waals surface area contributed by atoms with Gasteiger partial charge in [-0.2, -0.15) is 4.98 Å². The van der Waals surface area contributed by atoms with Crippen LogP contribution < -0.4 is 11.4 Å². The quantitative estimate of drug-likeness (QED) is 0.592. The second kappa shape index (κ2) is 3.69. The molecule has 6 nitrogen and oxygen atoms in total. The minimum absolute atomic E-state index is 0.0890. The van der Waals surface area contributed by atoms with Gasteiger partial charge in [0.25, 0.3) is 0 Å². The molecule has 3 aromatic rings. The fourth-order valence-corrected chi connectivity index (χ4v) is 1.81. The van der Waals surface area contributed by atoms with Gasteiger partial charge in [-0.05, 0) is 0 Å². The predicted molar refractivity (Wildman–Crippen MR) is 68.6 cm³/mol. The maximum atomic E-state index is 7.67. The number of nitrogens with two attached hydrogens (primary N) is 1. The summed E-state index contributed by atoms with van der Waals surface area (Å²) >= 11 is 0. The molecule has 0 spiro atoms. The predicted octanol–water partition coefficient (Wildman–Crippen LogP) is 1.03. The van der Waals surface area contributed by atoms with E-state index in [4.69, 9.17) is 11.1 Å². The van der Waals surface area contributed by atoms with Crippen molar-refractivity contribution >= 4 is 17.0 Å². The van der Waals surface area contributed by atoms with Crippen molar-refractivity contribution < 1.29 is 0 Å². The van der Waals surface area contributed by atoms with Crippen molar-refractivity contribution in [1.29, 1.82) is 5.41 Å². The van der Waals surface area contributed by atoms with Crippen LogP contribution in [0, 0.1) is 5.41 Å². The molecule has 0 saturated carbocycles. The van der Waals surface area contributed by atoms with Crippen molar-refractivity contribution in [2.45, 2.75) is 0 Å². The van der Waals surface area contributed by atoms with E-state index in [2.05, 4.69) is 15.0 Å². The van der Waals surface area contributed by atoms with Crippen LogP contribution in [0.5, 0.6) is 0 Å². The summed E-state index contributed by atoms with van der Waals surface area (Å²) in [6.45, 7) is 0. The van der Waals surface area contributed by atoms with Crippen LogP contribution in [-0.2, 0) is 7.05 Å². The molecule has 0 amide bonds. The van der Waals surface area contributed by atoms with Gasteiger partial charge in [0.15, 0.2) is 5.65 Å². The minimum Gasteiger partial charge on any atom is -0.383 e. The third-order valence-electron chi connectivity index (χ3n) is 2.88. The van der Waals surface area contributed by atoms with Crippen molar-refractivity contribution in [3.63, 3.8) is 0 Å². The number of fused-ring (bicyclic) bond motifs is 1. The fourth-order valence-electron chi connectivity index (χ4n) is 1.81. The topological polar surface area (TPSA) is 96.4 Å². The van der Waals surface area contributed by atoms with Gasteiger partial charge in [-0.25, -0.2) is 4.98 Å². The maximum Gasteiger partial charge on any atom is 0.225 e. The molecule has 0 saturated heterocycles. The summed E-state index contributed by atoms with van der Waals surface area (Å²) in [5.74, 6) is 1.16. The van der Waals surface area contributed by atoms with Gasteiger partial charge in [0.2, 0.25) is 5.62 Å². The molecule has 3 rings (SSSR count). The Morgan fingerprint density at radius 2 is 1.94 bits per heavy atom. The highest BCUT2D eigenvalue weighted by molar-refractivity contribution is 5.84. The van der Waals surface area contributed by atoms with Gasteiger partial charge >= 0.3 is 0 Å². The lowest BCUT2D eigenvalue weighted by Crippen LogP contribution is -2.22. The Labute approximate surface area is 103 Å². The first-order valence-corrected chi connectivity index (χ1v) is 5.49. The monoisotopic (exact) mass is 240 g/mol. The van der Waals surface area contributed by atoms with E-state index < -0.39 is 0 Å². The Balaban J connectivity index is 2.30. The molecule has 0 fully saturated rings. The van der Waals surface area contributed by atoms with Crippen molar-refractivity contribution in [2.75, 3.05) is 5.73 Å². The molecule has 1 aromatic carbocycles. The van der Waals surface area contributed by atoms with Gasteiger partial charge in [0, 0.05) is 12.6 Å². The molecule has 0 atom stereocenters. The largest absolute Gasteiger partial charge is 0.383 e. The molecular formula is C12H12N6. The smallest absolute Gasteiger partial charge is 0.225 e. The number of rotatable bonds is 1. The van der Waals surface area contributed by atoms with E-state index in [0.29, 0.717) is 22.8 Å². The zero-order valence-corrected chi connectivity index (χ0v) is 9.81. The first kappa shape index (κ1) is 10.5. The highest BCUT2D eigenvalue weighted by Crippen LogP contribution is 2.20. The van der Waals surface area contributed by atoms with Crippen molar-refractivity contribution in [1.82, 2.24) is 19.5 Å². The summed E-state index contributed by atoms with van der Waals surface area (Å²) < 4.78 is 1.51. The maximum absolute atomic E-state index is 7.67. The highest BCUT2D eigenvalue weighted by atomic mass is 15.1. The minimum atomic E-state index is 0.0890. The Hall–Kier alpha value is -2.63. The Morgan fingerprint density at radius 3 is 2.67 bits per heavy atom. The number of H-pyrrole nitrogens is 1. The zero-order valence-electron chi connectivity index (χ0n) is 9.81. The van der Waals surface area contributed by atoms with Gasteiger partial charge in [0.1, 0.15) is 17.2 Å². The third kappa shape index (κ3) is 1.46. The van der Waals surface area contributed by atoms with E-state index in [0.717, 1.165) is 5.56 Å². The van der Waals surface area contributed by atoms with E-state index in [1.165, 1.54) is 4.57 Å².